The smallest absolute Gasteiger partial charge is 0.342 e. The molecule has 2 aromatic rings. The van der Waals surface area contributed by atoms with Gasteiger partial charge in [0.05, 0.1) is 7.11 Å². The van der Waals surface area contributed by atoms with E-state index in [0.717, 1.165) is 5.56 Å². The second kappa shape index (κ2) is 5.78. The number of carbonyl (C=O) groups excluding carboxylic acids is 1. The molecule has 1 aromatic carbocycles. The molecule has 6 heteroatoms. The summed E-state index contributed by atoms with van der Waals surface area (Å²) in [6, 6.07) is 7.47. The van der Waals surface area contributed by atoms with E-state index in [4.69, 9.17) is 10.5 Å². The van der Waals surface area contributed by atoms with Crippen molar-refractivity contribution in [2.75, 3.05) is 12.8 Å². The second-order valence-electron chi connectivity index (χ2n) is 4.62. The molecule has 0 unspecified atom stereocenters. The van der Waals surface area contributed by atoms with Crippen LogP contribution in [0.2, 0.25) is 0 Å². The summed E-state index contributed by atoms with van der Waals surface area (Å²) in [5.74, 6) is -0.670. The van der Waals surface area contributed by atoms with Gasteiger partial charge in [0, 0.05) is 12.1 Å². The number of anilines is 1. The lowest BCUT2D eigenvalue weighted by atomic mass is 10.0. The van der Waals surface area contributed by atoms with Crippen LogP contribution in [0.1, 0.15) is 22.8 Å². The van der Waals surface area contributed by atoms with Crippen molar-refractivity contribution in [1.29, 1.82) is 0 Å². The number of nitrogen functional groups attached to an aromatic ring is 1. The van der Waals surface area contributed by atoms with E-state index in [1.807, 2.05) is 31.2 Å². The van der Waals surface area contributed by atoms with E-state index < -0.39 is 11.5 Å². The lowest BCUT2D eigenvalue weighted by Gasteiger charge is -2.13. The van der Waals surface area contributed by atoms with Gasteiger partial charge in [-0.2, -0.15) is 5.10 Å². The Hall–Kier alpha value is -2.63. The van der Waals surface area contributed by atoms with Crippen molar-refractivity contribution in [3.8, 4) is 11.3 Å². The molecule has 0 aliphatic rings. The molecule has 1 heterocycles. The van der Waals surface area contributed by atoms with Gasteiger partial charge < -0.3 is 10.5 Å². The first-order chi connectivity index (χ1) is 9.99. The van der Waals surface area contributed by atoms with Crippen LogP contribution in [0.5, 0.6) is 0 Å². The molecule has 6 nitrogen and oxygen atoms in total. The fourth-order valence-corrected chi connectivity index (χ4v) is 2.11. The number of hydrogen-bond acceptors (Lipinski definition) is 5. The number of carbonyl (C=O) groups is 1. The summed E-state index contributed by atoms with van der Waals surface area (Å²) >= 11 is 0. The molecule has 0 spiro atoms. The van der Waals surface area contributed by atoms with Crippen molar-refractivity contribution in [3.63, 3.8) is 0 Å². The van der Waals surface area contributed by atoms with Gasteiger partial charge in [0.1, 0.15) is 16.9 Å². The first-order valence-electron chi connectivity index (χ1n) is 6.55. The van der Waals surface area contributed by atoms with Crippen LogP contribution in [0.25, 0.3) is 11.3 Å². The molecule has 0 saturated heterocycles. The number of methoxy groups -OCH3 is 1. The van der Waals surface area contributed by atoms with E-state index in [-0.39, 0.29) is 11.3 Å². The largest absolute Gasteiger partial charge is 0.465 e. The fourth-order valence-electron chi connectivity index (χ4n) is 2.11. The molecule has 0 radical (unpaired) electrons. The molecule has 2 N–H and O–H groups in total. The van der Waals surface area contributed by atoms with Crippen LogP contribution in [0.4, 0.5) is 5.69 Å². The van der Waals surface area contributed by atoms with Gasteiger partial charge in [-0.15, -0.1) is 0 Å². The number of ether oxygens (including phenoxy) is 1. The molecule has 0 aliphatic carbocycles. The third-order valence-corrected chi connectivity index (χ3v) is 3.17. The highest BCUT2D eigenvalue weighted by molar-refractivity contribution is 6.00. The monoisotopic (exact) mass is 287 g/mol. The van der Waals surface area contributed by atoms with E-state index >= 15 is 0 Å². The van der Waals surface area contributed by atoms with Gasteiger partial charge in [0.25, 0.3) is 5.56 Å². The minimum absolute atomic E-state index is 0.0119. The Morgan fingerprint density at radius 2 is 2.14 bits per heavy atom. The van der Waals surface area contributed by atoms with Crippen molar-refractivity contribution in [1.82, 2.24) is 9.78 Å². The number of esters is 1. The highest BCUT2D eigenvalue weighted by Gasteiger charge is 2.22. The van der Waals surface area contributed by atoms with Crippen LogP contribution in [0.15, 0.2) is 29.1 Å². The molecular formula is C15H17N3O3. The zero-order valence-electron chi connectivity index (χ0n) is 12.2. The summed E-state index contributed by atoms with van der Waals surface area (Å²) < 4.78 is 5.97. The lowest BCUT2D eigenvalue weighted by Crippen LogP contribution is -2.29. The summed E-state index contributed by atoms with van der Waals surface area (Å²) in [5, 5.41) is 4.26. The van der Waals surface area contributed by atoms with Crippen molar-refractivity contribution in [2.45, 2.75) is 20.4 Å². The Labute approximate surface area is 122 Å². The standard InChI is InChI=1S/C15H17N3O3/c1-4-18-14(19)12(16)11(15(20)21-3)13(17-18)10-7-5-6-9(2)8-10/h5-8H,4,16H2,1-3H3. The summed E-state index contributed by atoms with van der Waals surface area (Å²) in [4.78, 5) is 24.0. The average Bonchev–Trinajstić information content (AvgIpc) is 2.49. The van der Waals surface area contributed by atoms with Crippen LogP contribution in [-0.4, -0.2) is 22.9 Å². The SMILES string of the molecule is CCn1nc(-c2cccc(C)c2)c(C(=O)OC)c(N)c1=O. The average molecular weight is 287 g/mol. The van der Waals surface area contributed by atoms with Gasteiger partial charge in [-0.1, -0.05) is 23.8 Å². The minimum atomic E-state index is -0.670. The summed E-state index contributed by atoms with van der Waals surface area (Å²) in [5.41, 5.74) is 7.29. The predicted octanol–water partition coefficient (Wildman–Crippen LogP) is 1.61. The summed E-state index contributed by atoms with van der Waals surface area (Å²) in [6.45, 7) is 4.08. The number of nitrogens with zero attached hydrogens (tertiary/aromatic N) is 2. The zero-order valence-corrected chi connectivity index (χ0v) is 12.2. The van der Waals surface area contributed by atoms with Gasteiger partial charge in [0.15, 0.2) is 0 Å². The predicted molar refractivity (Wildman–Crippen MR) is 80.1 cm³/mol. The van der Waals surface area contributed by atoms with Gasteiger partial charge >= 0.3 is 5.97 Å². The van der Waals surface area contributed by atoms with E-state index in [1.165, 1.54) is 11.8 Å². The van der Waals surface area contributed by atoms with Crippen molar-refractivity contribution in [2.24, 2.45) is 0 Å². The molecule has 2 rings (SSSR count). The Bertz CT molecular complexity index is 750. The van der Waals surface area contributed by atoms with Gasteiger partial charge in [0.2, 0.25) is 0 Å². The maximum Gasteiger partial charge on any atom is 0.342 e. The zero-order chi connectivity index (χ0) is 15.6. The summed E-state index contributed by atoms with van der Waals surface area (Å²) in [6.07, 6.45) is 0. The fraction of sp³-hybridized carbons (Fsp3) is 0.267. The first kappa shape index (κ1) is 14.8. The maximum absolute atomic E-state index is 12.1. The van der Waals surface area contributed by atoms with Crippen LogP contribution < -0.4 is 11.3 Å². The number of aryl methyl sites for hydroxylation is 2. The Kier molecular flexibility index (Phi) is 4.07. The normalized spacial score (nSPS) is 10.4. The number of benzene rings is 1. The molecule has 0 aliphatic heterocycles. The molecule has 0 atom stereocenters. The van der Waals surface area contributed by atoms with E-state index in [1.54, 1.807) is 6.92 Å². The molecule has 1 aromatic heterocycles. The van der Waals surface area contributed by atoms with Gasteiger partial charge in [-0.3, -0.25) is 4.79 Å². The van der Waals surface area contributed by atoms with Gasteiger partial charge in [-0.25, -0.2) is 9.48 Å². The van der Waals surface area contributed by atoms with Crippen LogP contribution in [-0.2, 0) is 11.3 Å². The highest BCUT2D eigenvalue weighted by Crippen LogP contribution is 2.25. The number of hydrogen-bond donors (Lipinski definition) is 1. The molecule has 110 valence electrons. The van der Waals surface area contributed by atoms with E-state index in [0.29, 0.717) is 17.8 Å². The van der Waals surface area contributed by atoms with Crippen molar-refractivity contribution >= 4 is 11.7 Å². The second-order valence-corrected chi connectivity index (χ2v) is 4.62. The molecule has 0 amide bonds. The summed E-state index contributed by atoms with van der Waals surface area (Å²) in [7, 11) is 1.24. The highest BCUT2D eigenvalue weighted by atomic mass is 16.5. The minimum Gasteiger partial charge on any atom is -0.465 e. The molecule has 0 bridgehead atoms. The van der Waals surface area contributed by atoms with Gasteiger partial charge in [-0.05, 0) is 19.9 Å². The first-order valence-corrected chi connectivity index (χ1v) is 6.55. The molecular weight excluding hydrogens is 270 g/mol. The molecule has 0 fully saturated rings. The van der Waals surface area contributed by atoms with Crippen molar-refractivity contribution in [3.05, 3.63) is 45.7 Å². The third-order valence-electron chi connectivity index (χ3n) is 3.17. The van der Waals surface area contributed by atoms with E-state index in [2.05, 4.69) is 5.10 Å². The Morgan fingerprint density at radius 3 is 2.71 bits per heavy atom. The van der Waals surface area contributed by atoms with Crippen LogP contribution in [0, 0.1) is 6.92 Å². The quantitative estimate of drug-likeness (QED) is 0.866. The molecule has 0 saturated carbocycles. The number of rotatable bonds is 3. The number of nitrogens with two attached hydrogens (primary N) is 1. The molecule has 21 heavy (non-hydrogen) atoms. The third kappa shape index (κ3) is 2.65. The Balaban J connectivity index is 2.82. The van der Waals surface area contributed by atoms with Crippen LogP contribution in [0.3, 0.4) is 0 Å². The lowest BCUT2D eigenvalue weighted by molar-refractivity contribution is 0.0602. The Morgan fingerprint density at radius 1 is 1.43 bits per heavy atom. The van der Waals surface area contributed by atoms with Crippen molar-refractivity contribution < 1.29 is 9.53 Å². The number of aromatic nitrogens is 2. The topological polar surface area (TPSA) is 87.2 Å². The van der Waals surface area contributed by atoms with Crippen LogP contribution >= 0.6 is 0 Å². The maximum atomic E-state index is 12.1. The van der Waals surface area contributed by atoms with E-state index in [9.17, 15) is 9.59 Å².